The van der Waals surface area contributed by atoms with Crippen LogP contribution in [0, 0.1) is 0 Å². The summed E-state index contributed by atoms with van der Waals surface area (Å²) in [6.45, 7) is 8.07. The SMILES string of the molecule is CCc1ccc(C2C(=C(O)c3ccc4c(c3)CC(C)O4)C(=O)C(=O)N2CCN2CCOCC2)cc1. The Balaban J connectivity index is 1.53. The molecule has 7 nitrogen and oxygen atoms in total. The van der Waals surface area contributed by atoms with Crippen molar-refractivity contribution in [1.29, 1.82) is 0 Å². The third-order valence-electron chi connectivity index (χ3n) is 7.17. The molecule has 1 N–H and O–H groups in total. The fourth-order valence-electron chi connectivity index (χ4n) is 5.19. The van der Waals surface area contributed by atoms with Gasteiger partial charge in [-0.1, -0.05) is 31.2 Å². The zero-order valence-corrected chi connectivity index (χ0v) is 20.3. The zero-order chi connectivity index (χ0) is 24.5. The molecule has 2 aromatic rings. The maximum atomic E-state index is 13.3. The van der Waals surface area contributed by atoms with Crippen molar-refractivity contribution in [2.45, 2.75) is 38.8 Å². The number of benzene rings is 2. The molecular formula is C28H32N2O5. The number of aryl methyl sites for hydroxylation is 1. The summed E-state index contributed by atoms with van der Waals surface area (Å²) >= 11 is 0. The number of likely N-dealkylation sites (tertiary alicyclic amines) is 1. The number of rotatable bonds is 6. The Kier molecular flexibility index (Phi) is 6.62. The van der Waals surface area contributed by atoms with E-state index in [-0.39, 0.29) is 17.4 Å². The van der Waals surface area contributed by atoms with E-state index < -0.39 is 17.7 Å². The molecule has 5 rings (SSSR count). The Morgan fingerprint density at radius 1 is 1.06 bits per heavy atom. The second-order valence-electron chi connectivity index (χ2n) is 9.50. The lowest BCUT2D eigenvalue weighted by Crippen LogP contribution is -2.42. The number of carbonyl (C=O) groups is 2. The van der Waals surface area contributed by atoms with Crippen molar-refractivity contribution in [3.63, 3.8) is 0 Å². The highest BCUT2D eigenvalue weighted by atomic mass is 16.5. The smallest absolute Gasteiger partial charge is 0.295 e. The second kappa shape index (κ2) is 9.84. The predicted octanol–water partition coefficient (Wildman–Crippen LogP) is 3.33. The number of Topliss-reactive ketones (excluding diaryl/α,β-unsaturated/α-hetero) is 1. The van der Waals surface area contributed by atoms with Crippen molar-refractivity contribution in [2.75, 3.05) is 39.4 Å². The third kappa shape index (κ3) is 4.58. The summed E-state index contributed by atoms with van der Waals surface area (Å²) in [5.74, 6) is -0.544. The van der Waals surface area contributed by atoms with E-state index in [2.05, 4.69) is 11.8 Å². The topological polar surface area (TPSA) is 79.3 Å². The monoisotopic (exact) mass is 476 g/mol. The van der Waals surface area contributed by atoms with Crippen LogP contribution in [0.1, 0.15) is 42.1 Å². The highest BCUT2D eigenvalue weighted by Gasteiger charge is 2.46. The molecule has 0 spiro atoms. The van der Waals surface area contributed by atoms with Gasteiger partial charge >= 0.3 is 0 Å². The molecule has 2 fully saturated rings. The van der Waals surface area contributed by atoms with Crippen molar-refractivity contribution in [1.82, 2.24) is 9.80 Å². The first-order valence-corrected chi connectivity index (χ1v) is 12.4. The minimum Gasteiger partial charge on any atom is -0.507 e. The summed E-state index contributed by atoms with van der Waals surface area (Å²) in [6.07, 6.45) is 1.71. The molecule has 0 radical (unpaired) electrons. The lowest BCUT2D eigenvalue weighted by atomic mass is 9.93. The molecule has 2 aromatic carbocycles. The second-order valence-corrected chi connectivity index (χ2v) is 9.50. The fraction of sp³-hybridized carbons (Fsp3) is 0.429. The van der Waals surface area contributed by atoms with Crippen LogP contribution < -0.4 is 4.74 Å². The van der Waals surface area contributed by atoms with Crippen molar-refractivity contribution >= 4 is 17.4 Å². The third-order valence-corrected chi connectivity index (χ3v) is 7.17. The summed E-state index contributed by atoms with van der Waals surface area (Å²) in [4.78, 5) is 30.4. The van der Waals surface area contributed by atoms with Gasteiger partial charge < -0.3 is 19.5 Å². The Bertz CT molecular complexity index is 1150. The fourth-order valence-corrected chi connectivity index (χ4v) is 5.19. The van der Waals surface area contributed by atoms with Crippen molar-refractivity contribution in [2.24, 2.45) is 0 Å². The van der Waals surface area contributed by atoms with Gasteiger partial charge in [-0.2, -0.15) is 0 Å². The molecule has 0 bridgehead atoms. The number of carbonyl (C=O) groups excluding carboxylic acids is 2. The van der Waals surface area contributed by atoms with E-state index >= 15 is 0 Å². The average Bonchev–Trinajstić information content (AvgIpc) is 3.38. The van der Waals surface area contributed by atoms with Crippen LogP contribution in [0.3, 0.4) is 0 Å². The van der Waals surface area contributed by atoms with Gasteiger partial charge in [-0.25, -0.2) is 0 Å². The summed E-state index contributed by atoms with van der Waals surface area (Å²) < 4.78 is 11.2. The maximum absolute atomic E-state index is 13.3. The van der Waals surface area contributed by atoms with Crippen LogP contribution in [0.15, 0.2) is 48.0 Å². The number of aliphatic hydroxyl groups excluding tert-OH is 1. The Morgan fingerprint density at radius 3 is 2.51 bits per heavy atom. The summed E-state index contributed by atoms with van der Waals surface area (Å²) in [5, 5.41) is 11.4. The van der Waals surface area contributed by atoms with E-state index in [9.17, 15) is 14.7 Å². The Morgan fingerprint density at radius 2 is 1.80 bits per heavy atom. The van der Waals surface area contributed by atoms with Gasteiger partial charge in [0.1, 0.15) is 17.6 Å². The zero-order valence-electron chi connectivity index (χ0n) is 20.3. The molecule has 3 heterocycles. The number of nitrogens with zero attached hydrogens (tertiary/aromatic N) is 2. The van der Waals surface area contributed by atoms with Gasteiger partial charge in [-0.05, 0) is 48.2 Å². The number of hydrogen-bond donors (Lipinski definition) is 1. The molecular weight excluding hydrogens is 444 g/mol. The quantitative estimate of drug-likeness (QED) is 0.392. The van der Waals surface area contributed by atoms with Gasteiger partial charge in [0.05, 0.1) is 24.8 Å². The Hall–Kier alpha value is -3.16. The number of ether oxygens (including phenoxy) is 2. The van der Waals surface area contributed by atoms with Crippen LogP contribution in [0.2, 0.25) is 0 Å². The number of amides is 1. The summed E-state index contributed by atoms with van der Waals surface area (Å²) in [7, 11) is 0. The first kappa shape index (κ1) is 23.6. The average molecular weight is 477 g/mol. The predicted molar refractivity (Wildman–Crippen MR) is 132 cm³/mol. The van der Waals surface area contributed by atoms with E-state index in [1.165, 1.54) is 5.56 Å². The normalized spacial score (nSPS) is 24.0. The van der Waals surface area contributed by atoms with Crippen LogP contribution in [0.25, 0.3) is 5.76 Å². The van der Waals surface area contributed by atoms with Crippen LogP contribution in [0.4, 0.5) is 0 Å². The molecule has 7 heteroatoms. The molecule has 0 saturated carbocycles. The number of morpholine rings is 1. The number of hydrogen-bond acceptors (Lipinski definition) is 6. The molecule has 2 atom stereocenters. The minimum atomic E-state index is -0.640. The van der Waals surface area contributed by atoms with Crippen LogP contribution >= 0.6 is 0 Å². The number of fused-ring (bicyclic) bond motifs is 1. The van der Waals surface area contributed by atoms with E-state index in [4.69, 9.17) is 9.47 Å². The molecule has 3 aliphatic heterocycles. The van der Waals surface area contributed by atoms with Crippen molar-refractivity contribution in [3.8, 4) is 5.75 Å². The minimum absolute atomic E-state index is 0.0743. The van der Waals surface area contributed by atoms with E-state index in [0.717, 1.165) is 42.8 Å². The van der Waals surface area contributed by atoms with Gasteiger partial charge in [-0.15, -0.1) is 0 Å². The van der Waals surface area contributed by atoms with E-state index in [0.29, 0.717) is 31.9 Å². The standard InChI is InChI=1S/C28H32N2O5/c1-3-19-4-6-20(7-5-19)25-24(26(31)21-8-9-23-22(17-21)16-18(2)35-23)27(32)28(33)30(25)11-10-29-12-14-34-15-13-29/h4-9,17-18,25,31H,3,10-16H2,1-2H3. The largest absolute Gasteiger partial charge is 0.507 e. The lowest BCUT2D eigenvalue weighted by Gasteiger charge is -2.31. The molecule has 0 aromatic heterocycles. The highest BCUT2D eigenvalue weighted by Crippen LogP contribution is 2.40. The van der Waals surface area contributed by atoms with Crippen LogP contribution in [0.5, 0.6) is 5.75 Å². The summed E-state index contributed by atoms with van der Waals surface area (Å²) in [5.41, 5.74) is 3.66. The van der Waals surface area contributed by atoms with Gasteiger partial charge in [0.2, 0.25) is 0 Å². The van der Waals surface area contributed by atoms with E-state index in [1.807, 2.05) is 43.3 Å². The van der Waals surface area contributed by atoms with Crippen molar-refractivity contribution in [3.05, 3.63) is 70.3 Å². The number of ketones is 1. The van der Waals surface area contributed by atoms with Gasteiger partial charge in [0.15, 0.2) is 0 Å². The maximum Gasteiger partial charge on any atom is 0.295 e. The molecule has 0 aliphatic carbocycles. The van der Waals surface area contributed by atoms with Crippen LogP contribution in [-0.2, 0) is 27.2 Å². The summed E-state index contributed by atoms with van der Waals surface area (Å²) in [6, 6.07) is 12.8. The molecule has 184 valence electrons. The highest BCUT2D eigenvalue weighted by molar-refractivity contribution is 6.46. The molecule has 2 saturated heterocycles. The first-order valence-electron chi connectivity index (χ1n) is 12.4. The van der Waals surface area contributed by atoms with Crippen LogP contribution in [-0.4, -0.2) is 72.1 Å². The van der Waals surface area contributed by atoms with Crippen molar-refractivity contribution < 1.29 is 24.2 Å². The molecule has 1 amide bonds. The van der Waals surface area contributed by atoms with Gasteiger partial charge in [0.25, 0.3) is 11.7 Å². The molecule has 2 unspecified atom stereocenters. The number of aliphatic hydroxyl groups is 1. The lowest BCUT2D eigenvalue weighted by molar-refractivity contribution is -0.140. The van der Waals surface area contributed by atoms with Gasteiger partial charge in [-0.3, -0.25) is 14.5 Å². The molecule has 35 heavy (non-hydrogen) atoms. The Labute approximate surface area is 205 Å². The first-order chi connectivity index (χ1) is 17.0. The molecule has 3 aliphatic rings. The van der Waals surface area contributed by atoms with Gasteiger partial charge in [0, 0.05) is 38.2 Å². The van der Waals surface area contributed by atoms with E-state index in [1.54, 1.807) is 11.0 Å².